The molecule has 0 aliphatic rings. The van der Waals surface area contributed by atoms with Crippen molar-refractivity contribution >= 4 is 40.1 Å². The van der Waals surface area contributed by atoms with Crippen LogP contribution in [0.25, 0.3) is 0 Å². The van der Waals surface area contributed by atoms with Crippen LogP contribution < -0.4 is 0 Å². The van der Waals surface area contributed by atoms with Crippen molar-refractivity contribution in [2.24, 2.45) is 0 Å². The summed E-state index contributed by atoms with van der Waals surface area (Å²) in [5, 5.41) is 3.22. The summed E-state index contributed by atoms with van der Waals surface area (Å²) >= 11 is 8.61. The summed E-state index contributed by atoms with van der Waals surface area (Å²) in [5.41, 5.74) is 0. The Kier molecular flexibility index (Phi) is 2.67. The van der Waals surface area contributed by atoms with Crippen LogP contribution in [0.5, 0.6) is 0 Å². The van der Waals surface area contributed by atoms with Crippen LogP contribution in [-0.2, 0) is 0 Å². The molecule has 0 aliphatic carbocycles. The van der Waals surface area contributed by atoms with E-state index in [1.54, 1.807) is 12.3 Å². The second kappa shape index (κ2) is 3.81. The first-order chi connectivity index (χ1) is 6.68. The molecule has 0 radical (unpaired) electrons. The Morgan fingerprint density at radius 3 is 2.86 bits per heavy atom. The molecule has 0 aliphatic heterocycles. The van der Waals surface area contributed by atoms with Gasteiger partial charge in [0, 0.05) is 6.20 Å². The van der Waals surface area contributed by atoms with Crippen LogP contribution in [0.4, 0.5) is 0 Å². The molecule has 2 rings (SSSR count). The first-order valence-electron chi connectivity index (χ1n) is 3.88. The minimum absolute atomic E-state index is 0.0319. The minimum Gasteiger partial charge on any atom is -0.287 e. The Labute approximate surface area is 94.2 Å². The summed E-state index contributed by atoms with van der Waals surface area (Å²) in [6.45, 7) is 1.87. The fraction of sp³-hybridized carbons (Fsp3) is 0.111. The average molecular weight is 244 g/mol. The zero-order chi connectivity index (χ0) is 10.1. The van der Waals surface area contributed by atoms with Crippen LogP contribution >= 0.6 is 34.3 Å². The quantitative estimate of drug-likeness (QED) is 0.757. The number of rotatable bonds is 2. The number of carbonyl (C=O) groups is 1. The smallest absolute Gasteiger partial charge is 0.216 e. The van der Waals surface area contributed by atoms with Crippen LogP contribution in [0.2, 0.25) is 5.02 Å². The van der Waals surface area contributed by atoms with Gasteiger partial charge in [-0.2, -0.15) is 0 Å². The first kappa shape index (κ1) is 9.83. The van der Waals surface area contributed by atoms with Crippen molar-refractivity contribution in [3.63, 3.8) is 0 Å². The van der Waals surface area contributed by atoms with Gasteiger partial charge in [-0.05, 0) is 18.4 Å². The van der Waals surface area contributed by atoms with Gasteiger partial charge in [0.05, 0.1) is 19.8 Å². The number of nitrogens with zero attached hydrogens (tertiary/aromatic N) is 1. The number of hydrogen-bond acceptors (Lipinski definition) is 4. The lowest BCUT2D eigenvalue weighted by molar-refractivity contribution is 0.104. The normalized spacial score (nSPS) is 10.4. The minimum atomic E-state index is -0.0319. The number of aryl methyl sites for hydroxylation is 1. The number of thiophene rings is 1. The highest BCUT2D eigenvalue weighted by Gasteiger charge is 2.16. The number of carbonyl (C=O) groups excluding carboxylic acids is 1. The van der Waals surface area contributed by atoms with Gasteiger partial charge in [-0.3, -0.25) is 4.79 Å². The van der Waals surface area contributed by atoms with Gasteiger partial charge in [0.15, 0.2) is 0 Å². The molecule has 0 unspecified atom stereocenters. The van der Waals surface area contributed by atoms with Gasteiger partial charge in [-0.25, -0.2) is 4.98 Å². The summed E-state index contributed by atoms with van der Waals surface area (Å²) < 4.78 is 0. The molecular formula is C9H6ClNOS2. The zero-order valence-corrected chi connectivity index (χ0v) is 9.67. The van der Waals surface area contributed by atoms with Crippen LogP contribution in [0.1, 0.15) is 19.6 Å². The second-order valence-electron chi connectivity index (χ2n) is 2.67. The van der Waals surface area contributed by atoms with E-state index in [0.717, 1.165) is 5.01 Å². The van der Waals surface area contributed by atoms with E-state index >= 15 is 0 Å². The average Bonchev–Trinajstić information content (AvgIpc) is 2.73. The van der Waals surface area contributed by atoms with Gasteiger partial charge in [-0.1, -0.05) is 11.6 Å². The molecule has 72 valence electrons. The number of halogens is 1. The van der Waals surface area contributed by atoms with Crippen LogP contribution in [0, 0.1) is 6.92 Å². The molecule has 2 nitrogen and oxygen atoms in total. The maximum atomic E-state index is 11.8. The lowest BCUT2D eigenvalue weighted by Gasteiger charge is -1.92. The van der Waals surface area contributed by atoms with Crippen molar-refractivity contribution in [2.45, 2.75) is 6.92 Å². The summed E-state index contributed by atoms with van der Waals surface area (Å²) in [4.78, 5) is 17.1. The van der Waals surface area contributed by atoms with Crippen molar-refractivity contribution < 1.29 is 4.79 Å². The highest BCUT2D eigenvalue weighted by molar-refractivity contribution is 7.16. The highest BCUT2D eigenvalue weighted by atomic mass is 35.5. The lowest BCUT2D eigenvalue weighted by Crippen LogP contribution is -1.95. The molecule has 14 heavy (non-hydrogen) atoms. The number of ketones is 1. The molecule has 0 aromatic carbocycles. The third kappa shape index (κ3) is 1.73. The Balaban J connectivity index is 2.38. The van der Waals surface area contributed by atoms with Crippen LogP contribution in [0.15, 0.2) is 17.6 Å². The second-order valence-corrected chi connectivity index (χ2v) is 5.23. The Bertz CT molecular complexity index is 475. The summed E-state index contributed by atoms with van der Waals surface area (Å²) in [6.07, 6.45) is 1.60. The third-order valence-corrected chi connectivity index (χ3v) is 3.92. The molecule has 0 fully saturated rings. The number of aromatic nitrogens is 1. The molecule has 5 heteroatoms. The predicted octanol–water partition coefficient (Wildman–Crippen LogP) is 3.40. The molecule has 2 aromatic heterocycles. The summed E-state index contributed by atoms with van der Waals surface area (Å²) in [7, 11) is 0. The van der Waals surface area contributed by atoms with Gasteiger partial charge in [0.2, 0.25) is 5.78 Å². The van der Waals surface area contributed by atoms with Crippen LogP contribution in [-0.4, -0.2) is 10.8 Å². The lowest BCUT2D eigenvalue weighted by atomic mass is 10.3. The van der Waals surface area contributed by atoms with E-state index < -0.39 is 0 Å². The molecule has 0 spiro atoms. The van der Waals surface area contributed by atoms with Crippen LogP contribution in [0.3, 0.4) is 0 Å². The summed E-state index contributed by atoms with van der Waals surface area (Å²) in [6, 6.07) is 1.73. The molecule has 2 heterocycles. The highest BCUT2D eigenvalue weighted by Crippen LogP contribution is 2.26. The maximum Gasteiger partial charge on any atom is 0.216 e. The van der Waals surface area contributed by atoms with E-state index in [9.17, 15) is 4.79 Å². The van der Waals surface area contributed by atoms with E-state index in [2.05, 4.69) is 4.98 Å². The van der Waals surface area contributed by atoms with Crippen molar-refractivity contribution in [2.75, 3.05) is 0 Å². The van der Waals surface area contributed by atoms with E-state index in [1.165, 1.54) is 22.7 Å². The maximum absolute atomic E-state index is 11.8. The topological polar surface area (TPSA) is 30.0 Å². The van der Waals surface area contributed by atoms with Gasteiger partial charge < -0.3 is 0 Å². The standard InChI is InChI=1S/C9H6ClNOS2/c1-5-11-4-7(14-5)8(12)9-6(10)2-3-13-9/h2-4H,1H3. The van der Waals surface area contributed by atoms with Gasteiger partial charge in [0.1, 0.15) is 0 Å². The molecule has 0 atom stereocenters. The van der Waals surface area contributed by atoms with Crippen molar-refractivity contribution in [1.29, 1.82) is 0 Å². The third-order valence-electron chi connectivity index (χ3n) is 1.67. The van der Waals surface area contributed by atoms with Gasteiger partial charge in [-0.15, -0.1) is 22.7 Å². The molecule has 2 aromatic rings. The molecular weight excluding hydrogens is 238 g/mol. The molecule has 0 amide bonds. The molecule has 0 saturated carbocycles. The SMILES string of the molecule is Cc1ncc(C(=O)c2sccc2Cl)s1. The fourth-order valence-electron chi connectivity index (χ4n) is 1.03. The van der Waals surface area contributed by atoms with Crippen molar-refractivity contribution in [1.82, 2.24) is 4.98 Å². The monoisotopic (exact) mass is 243 g/mol. The van der Waals surface area contributed by atoms with Gasteiger partial charge in [0.25, 0.3) is 0 Å². The number of hydrogen-bond donors (Lipinski definition) is 0. The molecule has 0 saturated heterocycles. The number of thiazole rings is 1. The largest absolute Gasteiger partial charge is 0.287 e. The van der Waals surface area contributed by atoms with E-state index in [-0.39, 0.29) is 5.78 Å². The van der Waals surface area contributed by atoms with Crippen molar-refractivity contribution in [3.8, 4) is 0 Å². The van der Waals surface area contributed by atoms with E-state index in [4.69, 9.17) is 11.6 Å². The first-order valence-corrected chi connectivity index (χ1v) is 5.96. The Hall–Kier alpha value is -0.710. The Morgan fingerprint density at radius 1 is 1.57 bits per heavy atom. The van der Waals surface area contributed by atoms with Gasteiger partial charge >= 0.3 is 0 Å². The van der Waals surface area contributed by atoms with Crippen molar-refractivity contribution in [3.05, 3.63) is 37.4 Å². The summed E-state index contributed by atoms with van der Waals surface area (Å²) in [5.74, 6) is -0.0319. The molecule has 0 N–H and O–H groups in total. The fourth-order valence-corrected chi connectivity index (χ4v) is 2.92. The van der Waals surface area contributed by atoms with E-state index in [0.29, 0.717) is 14.8 Å². The Morgan fingerprint density at radius 2 is 2.36 bits per heavy atom. The van der Waals surface area contributed by atoms with E-state index in [1.807, 2.05) is 12.3 Å². The predicted molar refractivity (Wildman–Crippen MR) is 59.6 cm³/mol. The zero-order valence-electron chi connectivity index (χ0n) is 7.28. The molecule has 0 bridgehead atoms.